The van der Waals surface area contributed by atoms with Crippen molar-refractivity contribution in [3.05, 3.63) is 27.2 Å². The summed E-state index contributed by atoms with van der Waals surface area (Å²) in [5.74, 6) is -1.07. The van der Waals surface area contributed by atoms with Gasteiger partial charge in [0.1, 0.15) is 6.04 Å². The van der Waals surface area contributed by atoms with Gasteiger partial charge in [0.25, 0.3) is 5.56 Å². The van der Waals surface area contributed by atoms with Crippen molar-refractivity contribution in [2.75, 3.05) is 6.54 Å². The van der Waals surface area contributed by atoms with Gasteiger partial charge in [-0.1, -0.05) is 0 Å². The van der Waals surface area contributed by atoms with E-state index in [1.54, 1.807) is 0 Å². The quantitative estimate of drug-likeness (QED) is 0.713. The summed E-state index contributed by atoms with van der Waals surface area (Å²) in [4.78, 5) is 39.5. The SMILES string of the molecule is Cn1c(=O)c2c(ncn2C(CCCN)C(=O)O)n(C)c1=O. The van der Waals surface area contributed by atoms with E-state index in [4.69, 9.17) is 5.73 Å². The van der Waals surface area contributed by atoms with E-state index in [0.717, 1.165) is 4.57 Å². The van der Waals surface area contributed by atoms with E-state index in [-0.39, 0.29) is 17.6 Å². The van der Waals surface area contributed by atoms with Crippen LogP contribution in [0.1, 0.15) is 18.9 Å². The van der Waals surface area contributed by atoms with Crippen LogP contribution in [-0.2, 0) is 18.9 Å². The highest BCUT2D eigenvalue weighted by Gasteiger charge is 2.24. The molecule has 0 radical (unpaired) electrons. The zero-order valence-corrected chi connectivity index (χ0v) is 11.8. The number of aryl methyl sites for hydroxylation is 1. The molecule has 2 aromatic rings. The molecule has 2 aromatic heterocycles. The number of rotatable bonds is 5. The number of fused-ring (bicyclic) bond motifs is 1. The molecule has 2 rings (SSSR count). The fraction of sp³-hybridized carbons (Fsp3) is 0.500. The molecular formula is C12H17N5O4. The zero-order valence-electron chi connectivity index (χ0n) is 11.8. The smallest absolute Gasteiger partial charge is 0.332 e. The minimum atomic E-state index is -1.07. The van der Waals surface area contributed by atoms with Crippen LogP contribution >= 0.6 is 0 Å². The van der Waals surface area contributed by atoms with Gasteiger partial charge in [-0.3, -0.25) is 13.9 Å². The third-order valence-electron chi connectivity index (χ3n) is 3.48. The Morgan fingerprint density at radius 3 is 2.62 bits per heavy atom. The van der Waals surface area contributed by atoms with E-state index >= 15 is 0 Å². The number of carboxylic acid groups (broad SMARTS) is 1. The van der Waals surface area contributed by atoms with E-state index in [1.807, 2.05) is 0 Å². The largest absolute Gasteiger partial charge is 0.480 e. The number of nitrogens with two attached hydrogens (primary N) is 1. The number of hydrogen-bond acceptors (Lipinski definition) is 5. The molecule has 9 heteroatoms. The van der Waals surface area contributed by atoms with Crippen LogP contribution in [0.25, 0.3) is 11.2 Å². The monoisotopic (exact) mass is 295 g/mol. The predicted molar refractivity (Wildman–Crippen MR) is 75.2 cm³/mol. The third-order valence-corrected chi connectivity index (χ3v) is 3.48. The van der Waals surface area contributed by atoms with Crippen molar-refractivity contribution in [3.8, 4) is 0 Å². The molecule has 0 spiro atoms. The molecule has 1 atom stereocenters. The van der Waals surface area contributed by atoms with Crippen LogP contribution in [0, 0.1) is 0 Å². The number of carboxylic acids is 1. The summed E-state index contributed by atoms with van der Waals surface area (Å²) in [5.41, 5.74) is 4.61. The second kappa shape index (κ2) is 5.52. The first-order valence-electron chi connectivity index (χ1n) is 6.45. The van der Waals surface area contributed by atoms with Gasteiger partial charge in [0, 0.05) is 14.1 Å². The molecule has 0 bridgehead atoms. The lowest BCUT2D eigenvalue weighted by atomic mass is 10.1. The van der Waals surface area contributed by atoms with E-state index in [9.17, 15) is 19.5 Å². The van der Waals surface area contributed by atoms with Crippen molar-refractivity contribution in [1.82, 2.24) is 18.7 Å². The van der Waals surface area contributed by atoms with Gasteiger partial charge in [0.2, 0.25) is 0 Å². The Bertz CT molecular complexity index is 800. The summed E-state index contributed by atoms with van der Waals surface area (Å²) in [5, 5.41) is 9.35. The first-order chi connectivity index (χ1) is 9.90. The average molecular weight is 295 g/mol. The summed E-state index contributed by atoms with van der Waals surface area (Å²) < 4.78 is 3.45. The Morgan fingerprint density at radius 2 is 2.05 bits per heavy atom. The Hall–Kier alpha value is -2.42. The highest BCUT2D eigenvalue weighted by atomic mass is 16.4. The number of hydrogen-bond donors (Lipinski definition) is 2. The second-order valence-electron chi connectivity index (χ2n) is 4.81. The van der Waals surface area contributed by atoms with Gasteiger partial charge in [-0.2, -0.15) is 0 Å². The van der Waals surface area contributed by atoms with Crippen LogP contribution in [-0.4, -0.2) is 36.3 Å². The van der Waals surface area contributed by atoms with E-state index in [2.05, 4.69) is 4.98 Å². The third kappa shape index (κ3) is 2.35. The van der Waals surface area contributed by atoms with Gasteiger partial charge < -0.3 is 15.4 Å². The number of aromatic nitrogens is 4. The lowest BCUT2D eigenvalue weighted by Gasteiger charge is -2.14. The zero-order chi connectivity index (χ0) is 15.7. The summed E-state index contributed by atoms with van der Waals surface area (Å²) in [6.45, 7) is 0.354. The van der Waals surface area contributed by atoms with E-state index in [0.29, 0.717) is 13.0 Å². The number of imidazole rings is 1. The number of aliphatic carboxylic acids is 1. The molecule has 114 valence electrons. The molecule has 3 N–H and O–H groups in total. The van der Waals surface area contributed by atoms with Crippen molar-refractivity contribution in [1.29, 1.82) is 0 Å². The minimum absolute atomic E-state index is 0.101. The number of carbonyl (C=O) groups is 1. The summed E-state index contributed by atoms with van der Waals surface area (Å²) in [6, 6.07) is -0.941. The van der Waals surface area contributed by atoms with Crippen LogP contribution in [0.4, 0.5) is 0 Å². The first-order valence-corrected chi connectivity index (χ1v) is 6.45. The maximum atomic E-state index is 12.3. The molecule has 0 fully saturated rings. The molecule has 0 amide bonds. The maximum Gasteiger partial charge on any atom is 0.332 e. The molecule has 1 unspecified atom stereocenters. The van der Waals surface area contributed by atoms with Gasteiger partial charge in [-0.25, -0.2) is 14.6 Å². The van der Waals surface area contributed by atoms with Crippen molar-refractivity contribution in [3.63, 3.8) is 0 Å². The summed E-state index contributed by atoms with van der Waals surface area (Å²) in [6.07, 6.45) is 2.06. The van der Waals surface area contributed by atoms with Gasteiger partial charge in [-0.15, -0.1) is 0 Å². The molecule has 9 nitrogen and oxygen atoms in total. The Morgan fingerprint density at radius 1 is 1.38 bits per heavy atom. The van der Waals surface area contributed by atoms with Crippen molar-refractivity contribution in [2.24, 2.45) is 19.8 Å². The van der Waals surface area contributed by atoms with Crippen LogP contribution in [0.3, 0.4) is 0 Å². The van der Waals surface area contributed by atoms with E-state index < -0.39 is 23.3 Å². The fourth-order valence-electron chi connectivity index (χ4n) is 2.29. The topological polar surface area (TPSA) is 125 Å². The Balaban J connectivity index is 2.73. The average Bonchev–Trinajstić information content (AvgIpc) is 2.87. The molecular weight excluding hydrogens is 278 g/mol. The molecule has 2 heterocycles. The summed E-state index contributed by atoms with van der Waals surface area (Å²) in [7, 11) is 2.83. The summed E-state index contributed by atoms with van der Waals surface area (Å²) >= 11 is 0. The van der Waals surface area contributed by atoms with Crippen LogP contribution in [0.15, 0.2) is 15.9 Å². The lowest BCUT2D eigenvalue weighted by molar-refractivity contribution is -0.141. The maximum absolute atomic E-state index is 12.3. The second-order valence-corrected chi connectivity index (χ2v) is 4.81. The molecule has 0 saturated carbocycles. The van der Waals surface area contributed by atoms with Gasteiger partial charge in [0.05, 0.1) is 6.33 Å². The van der Waals surface area contributed by atoms with Crippen molar-refractivity contribution < 1.29 is 9.90 Å². The predicted octanol–water partition coefficient (Wildman–Crippen LogP) is -1.20. The van der Waals surface area contributed by atoms with Gasteiger partial charge >= 0.3 is 11.7 Å². The number of nitrogens with zero attached hydrogens (tertiary/aromatic N) is 4. The van der Waals surface area contributed by atoms with Crippen LogP contribution < -0.4 is 17.0 Å². The molecule has 0 aliphatic heterocycles. The molecule has 0 aliphatic carbocycles. The standard InChI is InChI=1S/C12H17N5O4/c1-15-9-8(10(18)16(2)12(15)21)17(6-14-9)7(11(19)20)4-3-5-13/h6-7H,3-5,13H2,1-2H3,(H,19,20). The van der Waals surface area contributed by atoms with Gasteiger partial charge in [-0.05, 0) is 19.4 Å². The fourth-order valence-corrected chi connectivity index (χ4v) is 2.29. The van der Waals surface area contributed by atoms with Gasteiger partial charge in [0.15, 0.2) is 11.2 Å². The highest BCUT2D eigenvalue weighted by Crippen LogP contribution is 2.18. The Kier molecular flexibility index (Phi) is 3.94. The molecule has 0 aromatic carbocycles. The van der Waals surface area contributed by atoms with Crippen LogP contribution in [0.5, 0.6) is 0 Å². The molecule has 21 heavy (non-hydrogen) atoms. The normalized spacial score (nSPS) is 12.7. The van der Waals surface area contributed by atoms with E-state index in [1.165, 1.54) is 29.6 Å². The minimum Gasteiger partial charge on any atom is -0.480 e. The Labute approximate surface area is 119 Å². The first kappa shape index (κ1) is 15.0. The lowest BCUT2D eigenvalue weighted by Crippen LogP contribution is -2.38. The molecule has 0 saturated heterocycles. The van der Waals surface area contributed by atoms with Crippen molar-refractivity contribution >= 4 is 17.1 Å². The van der Waals surface area contributed by atoms with Crippen molar-refractivity contribution in [2.45, 2.75) is 18.9 Å². The van der Waals surface area contributed by atoms with Crippen LogP contribution in [0.2, 0.25) is 0 Å². The highest BCUT2D eigenvalue weighted by molar-refractivity contribution is 5.77. The molecule has 0 aliphatic rings.